The summed E-state index contributed by atoms with van der Waals surface area (Å²) in [4.78, 5) is 12.5. The maximum Gasteiger partial charge on any atom is 0.163 e. The van der Waals surface area contributed by atoms with Gasteiger partial charge in [-0.05, 0) is 34.0 Å². The van der Waals surface area contributed by atoms with Crippen LogP contribution in [-0.2, 0) is 0 Å². The molecule has 100 valence electrons. The summed E-state index contributed by atoms with van der Waals surface area (Å²) >= 11 is 0. The minimum atomic E-state index is 0.258. The number of benzene rings is 3. The van der Waals surface area contributed by atoms with E-state index in [1.165, 1.54) is 10.8 Å². The van der Waals surface area contributed by atoms with Gasteiger partial charge in [0.2, 0.25) is 0 Å². The van der Waals surface area contributed by atoms with Crippen LogP contribution < -0.4 is 0 Å². The normalized spacial score (nSPS) is 11.1. The van der Waals surface area contributed by atoms with E-state index in [2.05, 4.69) is 37.3 Å². The van der Waals surface area contributed by atoms with E-state index in [1.54, 1.807) is 0 Å². The Hall–Kier alpha value is -2.15. The Morgan fingerprint density at radius 2 is 1.55 bits per heavy atom. The Labute approximate surface area is 119 Å². The van der Waals surface area contributed by atoms with Gasteiger partial charge in [0.25, 0.3) is 0 Å². The van der Waals surface area contributed by atoms with Crippen molar-refractivity contribution >= 4 is 27.3 Å². The van der Waals surface area contributed by atoms with E-state index in [0.717, 1.165) is 29.2 Å². The lowest BCUT2D eigenvalue weighted by Gasteiger charge is -2.09. The first-order valence-electron chi connectivity index (χ1n) is 7.25. The molecule has 0 unspecified atom stereocenters. The Morgan fingerprint density at radius 3 is 2.30 bits per heavy atom. The lowest BCUT2D eigenvalue weighted by Crippen LogP contribution is -2.00. The number of rotatable bonds is 4. The van der Waals surface area contributed by atoms with Crippen LogP contribution in [-0.4, -0.2) is 5.78 Å². The van der Waals surface area contributed by atoms with Gasteiger partial charge in [0.15, 0.2) is 5.78 Å². The van der Waals surface area contributed by atoms with Crippen LogP contribution in [0, 0.1) is 0 Å². The van der Waals surface area contributed by atoms with Gasteiger partial charge in [-0.2, -0.15) is 0 Å². The van der Waals surface area contributed by atoms with E-state index in [-0.39, 0.29) is 5.78 Å². The highest BCUT2D eigenvalue weighted by Gasteiger charge is 2.12. The zero-order valence-electron chi connectivity index (χ0n) is 11.7. The number of fused-ring (bicyclic) bond motifs is 3. The molecule has 0 saturated heterocycles. The van der Waals surface area contributed by atoms with E-state index in [4.69, 9.17) is 0 Å². The second-order valence-corrected chi connectivity index (χ2v) is 5.22. The van der Waals surface area contributed by atoms with Gasteiger partial charge < -0.3 is 0 Å². The molecule has 0 radical (unpaired) electrons. The molecule has 1 heteroatoms. The number of carbonyl (C=O) groups is 1. The molecule has 3 aromatic carbocycles. The maximum atomic E-state index is 12.5. The summed E-state index contributed by atoms with van der Waals surface area (Å²) in [5.74, 6) is 0.258. The van der Waals surface area contributed by atoms with Crippen molar-refractivity contribution in [1.82, 2.24) is 0 Å². The smallest absolute Gasteiger partial charge is 0.163 e. The van der Waals surface area contributed by atoms with Gasteiger partial charge in [-0.3, -0.25) is 4.79 Å². The monoisotopic (exact) mass is 262 g/mol. The van der Waals surface area contributed by atoms with E-state index in [0.29, 0.717) is 6.42 Å². The highest BCUT2D eigenvalue weighted by Crippen LogP contribution is 2.29. The van der Waals surface area contributed by atoms with Gasteiger partial charge >= 0.3 is 0 Å². The van der Waals surface area contributed by atoms with Crippen molar-refractivity contribution in [2.75, 3.05) is 0 Å². The van der Waals surface area contributed by atoms with Gasteiger partial charge in [-0.15, -0.1) is 0 Å². The van der Waals surface area contributed by atoms with E-state index in [9.17, 15) is 4.79 Å². The van der Waals surface area contributed by atoms with Crippen LogP contribution in [0.4, 0.5) is 0 Å². The first-order valence-corrected chi connectivity index (χ1v) is 7.25. The number of ketones is 1. The highest BCUT2D eigenvalue weighted by molar-refractivity contribution is 6.17. The molecule has 0 bridgehead atoms. The molecular weight excluding hydrogens is 244 g/mol. The quantitative estimate of drug-likeness (QED) is 0.456. The van der Waals surface area contributed by atoms with Gasteiger partial charge in [0.1, 0.15) is 0 Å². The molecule has 1 nitrogen and oxygen atoms in total. The minimum Gasteiger partial charge on any atom is -0.294 e. The van der Waals surface area contributed by atoms with Gasteiger partial charge in [0, 0.05) is 12.0 Å². The summed E-state index contributed by atoms with van der Waals surface area (Å²) in [6, 6.07) is 18.5. The molecule has 20 heavy (non-hydrogen) atoms. The fraction of sp³-hybridized carbons (Fsp3) is 0.211. The van der Waals surface area contributed by atoms with E-state index < -0.39 is 0 Å². The van der Waals surface area contributed by atoms with E-state index in [1.807, 2.05) is 24.3 Å². The lowest BCUT2D eigenvalue weighted by atomic mass is 9.94. The summed E-state index contributed by atoms with van der Waals surface area (Å²) in [6.07, 6.45) is 2.65. The Kier molecular flexibility index (Phi) is 3.51. The van der Waals surface area contributed by atoms with Gasteiger partial charge in [-0.1, -0.05) is 61.9 Å². The molecule has 0 atom stereocenters. The molecule has 0 N–H and O–H groups in total. The minimum absolute atomic E-state index is 0.258. The third-order valence-corrected chi connectivity index (χ3v) is 3.83. The predicted molar refractivity (Wildman–Crippen MR) is 85.3 cm³/mol. The number of carbonyl (C=O) groups excluding carboxylic acids is 1. The number of Topliss-reactive ketones (excluding diaryl/α,β-unsaturated/α-hetero) is 1. The van der Waals surface area contributed by atoms with Crippen LogP contribution in [0.15, 0.2) is 54.6 Å². The van der Waals surface area contributed by atoms with Crippen LogP contribution in [0.2, 0.25) is 0 Å². The van der Waals surface area contributed by atoms with Crippen LogP contribution in [0.1, 0.15) is 36.5 Å². The first-order chi connectivity index (χ1) is 9.81. The fourth-order valence-electron chi connectivity index (χ4n) is 2.76. The molecule has 0 aromatic heterocycles. The average Bonchev–Trinajstić information content (AvgIpc) is 2.52. The standard InChI is InChI=1S/C19H18O/c1-2-3-12-19(20)18-13-14-8-4-5-9-15(14)16-10-6-7-11-17(16)18/h4-11,13H,2-3,12H2,1H3. The van der Waals surface area contributed by atoms with E-state index >= 15 is 0 Å². The molecule has 3 rings (SSSR count). The Balaban J connectivity index is 2.26. The fourth-order valence-corrected chi connectivity index (χ4v) is 2.76. The maximum absolute atomic E-state index is 12.5. The van der Waals surface area contributed by atoms with Crippen molar-refractivity contribution in [1.29, 1.82) is 0 Å². The third kappa shape index (κ3) is 2.20. The topological polar surface area (TPSA) is 17.1 Å². The van der Waals surface area contributed by atoms with Gasteiger partial charge in [0.05, 0.1) is 0 Å². The first kappa shape index (κ1) is 12.9. The molecular formula is C19H18O. The highest BCUT2D eigenvalue weighted by atomic mass is 16.1. The summed E-state index contributed by atoms with van der Waals surface area (Å²) < 4.78 is 0. The summed E-state index contributed by atoms with van der Waals surface area (Å²) in [5, 5.41) is 4.61. The van der Waals surface area contributed by atoms with Crippen molar-refractivity contribution in [2.24, 2.45) is 0 Å². The second kappa shape index (κ2) is 5.46. The molecule has 0 fully saturated rings. The molecule has 0 spiro atoms. The Morgan fingerprint density at radius 1 is 0.900 bits per heavy atom. The van der Waals surface area contributed by atoms with Gasteiger partial charge in [-0.25, -0.2) is 0 Å². The largest absolute Gasteiger partial charge is 0.294 e. The Bertz CT molecular complexity index is 771. The average molecular weight is 262 g/mol. The van der Waals surface area contributed by atoms with Crippen molar-refractivity contribution in [3.8, 4) is 0 Å². The van der Waals surface area contributed by atoms with Crippen LogP contribution in [0.5, 0.6) is 0 Å². The summed E-state index contributed by atoms with van der Waals surface area (Å²) in [6.45, 7) is 2.12. The second-order valence-electron chi connectivity index (χ2n) is 5.22. The molecule has 0 aliphatic rings. The molecule has 0 saturated carbocycles. The molecule has 0 heterocycles. The van der Waals surface area contributed by atoms with Crippen LogP contribution in [0.25, 0.3) is 21.5 Å². The van der Waals surface area contributed by atoms with Crippen LogP contribution >= 0.6 is 0 Å². The summed E-state index contributed by atoms with van der Waals surface area (Å²) in [5.41, 5.74) is 0.868. The van der Waals surface area contributed by atoms with Crippen molar-refractivity contribution in [2.45, 2.75) is 26.2 Å². The number of hydrogen-bond acceptors (Lipinski definition) is 1. The van der Waals surface area contributed by atoms with Crippen molar-refractivity contribution in [3.63, 3.8) is 0 Å². The zero-order chi connectivity index (χ0) is 13.9. The SMILES string of the molecule is CCCCC(=O)c1cc2ccccc2c2ccccc12. The summed E-state index contributed by atoms with van der Waals surface area (Å²) in [7, 11) is 0. The zero-order valence-corrected chi connectivity index (χ0v) is 11.7. The van der Waals surface area contributed by atoms with Crippen molar-refractivity contribution in [3.05, 3.63) is 60.2 Å². The molecule has 0 aliphatic heterocycles. The predicted octanol–water partition coefficient (Wildman–Crippen LogP) is 5.37. The molecule has 3 aromatic rings. The lowest BCUT2D eigenvalue weighted by molar-refractivity contribution is 0.0981. The molecule has 0 amide bonds. The number of unbranched alkanes of at least 4 members (excludes halogenated alkanes) is 1. The van der Waals surface area contributed by atoms with Crippen LogP contribution in [0.3, 0.4) is 0 Å². The number of hydrogen-bond donors (Lipinski definition) is 0. The molecule has 0 aliphatic carbocycles. The third-order valence-electron chi connectivity index (χ3n) is 3.83. The van der Waals surface area contributed by atoms with Crippen molar-refractivity contribution < 1.29 is 4.79 Å².